The first-order valence-corrected chi connectivity index (χ1v) is 4.68. The molecule has 0 saturated carbocycles. The Kier molecular flexibility index (Phi) is 2.51. The predicted molar refractivity (Wildman–Crippen MR) is 34.2 cm³/mol. The zero-order valence-corrected chi connectivity index (χ0v) is 6.62. The predicted octanol–water partition coefficient (Wildman–Crippen LogP) is 0.528. The van der Waals surface area contributed by atoms with Crippen LogP contribution >= 0.6 is 0 Å². The van der Waals surface area contributed by atoms with E-state index in [9.17, 15) is 0 Å². The fourth-order valence-corrected chi connectivity index (χ4v) is 0. The summed E-state index contributed by atoms with van der Waals surface area (Å²) in [4.78, 5) is 0. The summed E-state index contributed by atoms with van der Waals surface area (Å²) in [6.45, 7) is 6.96. The van der Waals surface area contributed by atoms with Crippen molar-refractivity contribution in [3.63, 3.8) is 0 Å². The average Bonchev–Trinajstić information content (AvgIpc) is 1.35. The van der Waals surface area contributed by atoms with Gasteiger partial charge in [-0.2, -0.15) is 0 Å². The molecule has 32 valence electrons. The quantitative estimate of drug-likeness (QED) is 0.416. The first-order chi connectivity index (χ1) is 2.56. The molecule has 0 aliphatic carbocycles. The zero-order valence-electron chi connectivity index (χ0n) is 5.21. The standard InChI is InChI=1S/C4H11Si.Li/c1-4(2)5-3;/h5H2,1-3H3;. The summed E-state index contributed by atoms with van der Waals surface area (Å²) in [5.41, 5.74) is 0. The molecule has 0 aromatic rings. The van der Waals surface area contributed by atoms with Crippen molar-refractivity contribution in [2.45, 2.75) is 24.1 Å². The minimum absolute atomic E-state index is 0.252. The molecular formula is C4H11LiSi. The second kappa shape index (κ2) is 2.21. The Labute approximate surface area is 51.7 Å². The summed E-state index contributed by atoms with van der Waals surface area (Å²) < 4.78 is 0.681. The van der Waals surface area contributed by atoms with Crippen molar-refractivity contribution >= 4 is 27.2 Å². The maximum atomic E-state index is 2.35. The number of hydrogen-bond acceptors (Lipinski definition) is 0. The molecule has 0 fully saturated rings. The zero-order chi connectivity index (χ0) is 5.21. The van der Waals surface area contributed by atoms with Crippen LogP contribution in [0.1, 0.15) is 13.8 Å². The van der Waals surface area contributed by atoms with Gasteiger partial charge in [0.05, 0.1) is 0 Å². The van der Waals surface area contributed by atoms with E-state index >= 15 is 0 Å². The molecule has 0 atom stereocenters. The van der Waals surface area contributed by atoms with Gasteiger partial charge in [0.25, 0.3) is 0 Å². The molecule has 0 bridgehead atoms. The molecule has 0 aliphatic rings. The van der Waals surface area contributed by atoms with Crippen LogP contribution in [0.2, 0.25) is 10.3 Å². The third kappa shape index (κ3) is 4.81. The molecule has 2 heteroatoms. The van der Waals surface area contributed by atoms with Gasteiger partial charge in [0.2, 0.25) is 0 Å². The Bertz CT molecular complexity index is 37.3. The molecule has 0 aromatic heterocycles. The van der Waals surface area contributed by atoms with Crippen molar-refractivity contribution in [1.29, 1.82) is 0 Å². The molecule has 0 spiro atoms. The number of hydrogen-bond donors (Lipinski definition) is 0. The van der Waals surface area contributed by atoms with E-state index in [-0.39, 0.29) is 9.52 Å². The van der Waals surface area contributed by atoms with Crippen molar-refractivity contribution in [3.05, 3.63) is 0 Å². The van der Waals surface area contributed by atoms with Gasteiger partial charge in [0, 0.05) is 0 Å². The van der Waals surface area contributed by atoms with Crippen molar-refractivity contribution in [1.82, 2.24) is 0 Å². The van der Waals surface area contributed by atoms with E-state index in [1.165, 1.54) is 0 Å². The summed E-state index contributed by atoms with van der Waals surface area (Å²) in [6, 6.07) is 0. The van der Waals surface area contributed by atoms with Gasteiger partial charge in [-0.3, -0.25) is 0 Å². The van der Waals surface area contributed by atoms with Crippen LogP contribution in [0, 0.1) is 0 Å². The van der Waals surface area contributed by atoms with Crippen LogP contribution in [0.3, 0.4) is 0 Å². The third-order valence-corrected chi connectivity index (χ3v) is 3.18. The number of rotatable bonds is 1. The van der Waals surface area contributed by atoms with Crippen LogP contribution in [0.4, 0.5) is 0 Å². The van der Waals surface area contributed by atoms with Crippen LogP contribution in [0.25, 0.3) is 0 Å². The van der Waals surface area contributed by atoms with Crippen LogP contribution in [-0.2, 0) is 0 Å². The topological polar surface area (TPSA) is 0 Å². The Balaban J connectivity index is 3.17. The maximum absolute atomic E-state index is 2.35. The van der Waals surface area contributed by atoms with Gasteiger partial charge in [-0.25, -0.2) is 0 Å². The van der Waals surface area contributed by atoms with Crippen molar-refractivity contribution < 1.29 is 0 Å². The normalized spacial score (nSPS) is 14.2. The van der Waals surface area contributed by atoms with Crippen molar-refractivity contribution in [2.24, 2.45) is 0 Å². The molecule has 0 aromatic carbocycles. The van der Waals surface area contributed by atoms with E-state index in [2.05, 4.69) is 38.1 Å². The average molecular weight is 94.2 g/mol. The molecule has 0 amide bonds. The molecule has 0 saturated heterocycles. The Hall–Kier alpha value is 0.814. The summed E-state index contributed by atoms with van der Waals surface area (Å²) in [5, 5.41) is 0. The van der Waals surface area contributed by atoms with Gasteiger partial charge < -0.3 is 0 Å². The van der Waals surface area contributed by atoms with Gasteiger partial charge in [-0.05, 0) is 0 Å². The molecule has 0 rings (SSSR count). The Morgan fingerprint density at radius 2 is 1.67 bits per heavy atom. The van der Waals surface area contributed by atoms with E-state index in [1.54, 1.807) is 0 Å². The van der Waals surface area contributed by atoms with Gasteiger partial charge in [0.1, 0.15) is 0 Å². The summed E-state index contributed by atoms with van der Waals surface area (Å²) in [7, 11) is 0.252. The second-order valence-electron chi connectivity index (χ2n) is 2.91. The van der Waals surface area contributed by atoms with E-state index in [4.69, 9.17) is 0 Å². The van der Waals surface area contributed by atoms with E-state index in [0.717, 1.165) is 0 Å². The molecule has 0 N–H and O–H groups in total. The molecule has 0 radical (unpaired) electrons. The van der Waals surface area contributed by atoms with Crippen molar-refractivity contribution in [2.75, 3.05) is 0 Å². The van der Waals surface area contributed by atoms with Gasteiger partial charge >= 0.3 is 51.3 Å². The first-order valence-electron chi connectivity index (χ1n) is 2.56. The van der Waals surface area contributed by atoms with Gasteiger partial charge in [-0.1, -0.05) is 0 Å². The van der Waals surface area contributed by atoms with E-state index in [1.807, 2.05) is 0 Å². The molecule has 0 aliphatic heterocycles. The fraction of sp³-hybridized carbons (Fsp3) is 1.00. The molecule has 0 nitrogen and oxygen atoms in total. The van der Waals surface area contributed by atoms with Crippen LogP contribution in [0.5, 0.6) is 0 Å². The first kappa shape index (κ1) is 6.81. The van der Waals surface area contributed by atoms with Crippen molar-refractivity contribution in [3.8, 4) is 0 Å². The fourth-order valence-electron chi connectivity index (χ4n) is 0. The van der Waals surface area contributed by atoms with Crippen LogP contribution < -0.4 is 0 Å². The van der Waals surface area contributed by atoms with E-state index in [0.29, 0.717) is 3.71 Å². The molecule has 0 heterocycles. The summed E-state index contributed by atoms with van der Waals surface area (Å²) in [5.74, 6) is 0. The van der Waals surface area contributed by atoms with Gasteiger partial charge in [-0.15, -0.1) is 0 Å². The third-order valence-electron chi connectivity index (χ3n) is 1.06. The molecule has 0 unspecified atom stereocenters. The van der Waals surface area contributed by atoms with E-state index < -0.39 is 0 Å². The second-order valence-corrected chi connectivity index (χ2v) is 5.74. The molecular weight excluding hydrogens is 83.1 g/mol. The Morgan fingerprint density at radius 3 is 1.67 bits per heavy atom. The minimum atomic E-state index is 0.252. The SMILES string of the molecule is [Li][C](C)(C)[SiH2]C. The van der Waals surface area contributed by atoms with Crippen LogP contribution in [0.15, 0.2) is 0 Å². The van der Waals surface area contributed by atoms with Gasteiger partial charge in [0.15, 0.2) is 0 Å². The summed E-state index contributed by atoms with van der Waals surface area (Å²) in [6.07, 6.45) is 0. The molecule has 6 heavy (non-hydrogen) atoms. The van der Waals surface area contributed by atoms with Crippen LogP contribution in [-0.4, -0.2) is 27.2 Å². The monoisotopic (exact) mass is 94.1 g/mol. The summed E-state index contributed by atoms with van der Waals surface area (Å²) >= 11 is 2.30. The Morgan fingerprint density at radius 1 is 1.50 bits per heavy atom.